The predicted octanol–water partition coefficient (Wildman–Crippen LogP) is 4.41. The molecular formula is C19H23NO2. The standard InChI is InChI=1S/C19H23NO2/c1-5-18(22-16-10-7-13(2)8-11-16)19(21)20-17-12-14(3)6-9-15(17)4/h6-12,18H,5H2,1-4H3,(H,20,21)/t18-/m0/s1. The van der Waals surface area contributed by atoms with Gasteiger partial charge in [-0.15, -0.1) is 0 Å². The van der Waals surface area contributed by atoms with Gasteiger partial charge in [0.25, 0.3) is 5.91 Å². The molecule has 1 amide bonds. The smallest absolute Gasteiger partial charge is 0.265 e. The summed E-state index contributed by atoms with van der Waals surface area (Å²) in [5, 5.41) is 2.97. The van der Waals surface area contributed by atoms with Crippen LogP contribution in [0.1, 0.15) is 30.0 Å². The molecule has 2 aromatic rings. The molecule has 0 spiro atoms. The molecule has 116 valence electrons. The molecular weight excluding hydrogens is 274 g/mol. The molecule has 0 fully saturated rings. The van der Waals surface area contributed by atoms with Crippen molar-refractivity contribution in [1.82, 2.24) is 0 Å². The number of aryl methyl sites for hydroxylation is 3. The van der Waals surface area contributed by atoms with Crippen LogP contribution in [-0.4, -0.2) is 12.0 Å². The summed E-state index contributed by atoms with van der Waals surface area (Å²) in [5.74, 6) is 0.602. The number of ether oxygens (including phenoxy) is 1. The van der Waals surface area contributed by atoms with Crippen LogP contribution in [-0.2, 0) is 4.79 Å². The van der Waals surface area contributed by atoms with Gasteiger partial charge in [-0.05, 0) is 56.5 Å². The van der Waals surface area contributed by atoms with Crippen molar-refractivity contribution in [2.45, 2.75) is 40.2 Å². The minimum Gasteiger partial charge on any atom is -0.481 e. The Kier molecular flexibility index (Phi) is 5.21. The lowest BCUT2D eigenvalue weighted by Gasteiger charge is -2.18. The maximum Gasteiger partial charge on any atom is 0.265 e. The highest BCUT2D eigenvalue weighted by Gasteiger charge is 2.19. The molecule has 0 saturated carbocycles. The summed E-state index contributed by atoms with van der Waals surface area (Å²) in [6.07, 6.45) is 0.118. The quantitative estimate of drug-likeness (QED) is 0.888. The lowest BCUT2D eigenvalue weighted by atomic mass is 10.1. The third kappa shape index (κ3) is 4.10. The number of hydrogen-bond acceptors (Lipinski definition) is 2. The van der Waals surface area contributed by atoms with Crippen LogP contribution >= 0.6 is 0 Å². The molecule has 0 aliphatic carbocycles. The number of hydrogen-bond donors (Lipinski definition) is 1. The summed E-state index contributed by atoms with van der Waals surface area (Å²) in [4.78, 5) is 12.4. The normalized spacial score (nSPS) is 11.8. The van der Waals surface area contributed by atoms with Gasteiger partial charge in [-0.1, -0.05) is 36.8 Å². The van der Waals surface area contributed by atoms with Crippen molar-refractivity contribution >= 4 is 11.6 Å². The molecule has 0 aromatic heterocycles. The maximum atomic E-state index is 12.4. The highest BCUT2D eigenvalue weighted by molar-refractivity contribution is 5.95. The van der Waals surface area contributed by atoms with Gasteiger partial charge < -0.3 is 10.1 Å². The van der Waals surface area contributed by atoms with Gasteiger partial charge in [-0.2, -0.15) is 0 Å². The molecule has 3 nitrogen and oxygen atoms in total. The van der Waals surface area contributed by atoms with Crippen LogP contribution in [0.5, 0.6) is 5.75 Å². The van der Waals surface area contributed by atoms with Crippen molar-refractivity contribution in [2.24, 2.45) is 0 Å². The van der Waals surface area contributed by atoms with E-state index in [1.165, 1.54) is 5.56 Å². The van der Waals surface area contributed by atoms with Crippen molar-refractivity contribution in [3.63, 3.8) is 0 Å². The minimum absolute atomic E-state index is 0.114. The second-order valence-corrected chi connectivity index (χ2v) is 5.64. The van der Waals surface area contributed by atoms with Crippen LogP contribution in [0, 0.1) is 20.8 Å². The van der Waals surface area contributed by atoms with E-state index < -0.39 is 6.10 Å². The summed E-state index contributed by atoms with van der Waals surface area (Å²) >= 11 is 0. The zero-order valence-electron chi connectivity index (χ0n) is 13.6. The van der Waals surface area contributed by atoms with Gasteiger partial charge in [0.1, 0.15) is 5.75 Å². The van der Waals surface area contributed by atoms with Crippen LogP contribution < -0.4 is 10.1 Å². The van der Waals surface area contributed by atoms with E-state index in [-0.39, 0.29) is 5.91 Å². The Hall–Kier alpha value is -2.29. The third-order valence-electron chi connectivity index (χ3n) is 3.61. The van der Waals surface area contributed by atoms with Crippen molar-refractivity contribution in [2.75, 3.05) is 5.32 Å². The summed E-state index contributed by atoms with van der Waals surface area (Å²) in [6, 6.07) is 13.8. The average molecular weight is 297 g/mol. The summed E-state index contributed by atoms with van der Waals surface area (Å²) < 4.78 is 5.81. The Bertz CT molecular complexity index is 647. The molecule has 1 N–H and O–H groups in total. The van der Waals surface area contributed by atoms with Crippen molar-refractivity contribution in [1.29, 1.82) is 0 Å². The van der Waals surface area contributed by atoms with Crippen LogP contribution in [0.2, 0.25) is 0 Å². The zero-order valence-corrected chi connectivity index (χ0v) is 13.6. The topological polar surface area (TPSA) is 38.3 Å². The third-order valence-corrected chi connectivity index (χ3v) is 3.61. The van der Waals surface area contributed by atoms with Crippen LogP contribution in [0.25, 0.3) is 0 Å². The maximum absolute atomic E-state index is 12.4. The van der Waals surface area contributed by atoms with Gasteiger partial charge in [0.15, 0.2) is 6.10 Å². The van der Waals surface area contributed by atoms with Gasteiger partial charge in [-0.3, -0.25) is 4.79 Å². The van der Waals surface area contributed by atoms with E-state index in [2.05, 4.69) is 5.32 Å². The summed E-state index contributed by atoms with van der Waals surface area (Å²) in [6.45, 7) is 7.96. The van der Waals surface area contributed by atoms with Gasteiger partial charge in [-0.25, -0.2) is 0 Å². The number of rotatable bonds is 5. The monoisotopic (exact) mass is 297 g/mol. The zero-order chi connectivity index (χ0) is 16.1. The molecule has 0 saturated heterocycles. The van der Waals surface area contributed by atoms with Crippen LogP contribution in [0.15, 0.2) is 42.5 Å². The second-order valence-electron chi connectivity index (χ2n) is 5.64. The van der Waals surface area contributed by atoms with E-state index in [1.54, 1.807) is 0 Å². The van der Waals surface area contributed by atoms with Gasteiger partial charge in [0, 0.05) is 5.69 Å². The lowest BCUT2D eigenvalue weighted by Crippen LogP contribution is -2.32. The number of carbonyl (C=O) groups excluding carboxylic acids is 1. The van der Waals surface area contributed by atoms with E-state index in [9.17, 15) is 4.79 Å². The molecule has 0 unspecified atom stereocenters. The van der Waals surface area contributed by atoms with Crippen molar-refractivity contribution in [3.8, 4) is 5.75 Å². The van der Waals surface area contributed by atoms with Gasteiger partial charge in [0.05, 0.1) is 0 Å². The second kappa shape index (κ2) is 7.12. The fourth-order valence-corrected chi connectivity index (χ4v) is 2.19. The van der Waals surface area contributed by atoms with Crippen molar-refractivity contribution in [3.05, 3.63) is 59.2 Å². The number of nitrogens with one attached hydrogen (secondary N) is 1. The Balaban J connectivity index is 2.08. The molecule has 0 aliphatic rings. The first-order valence-corrected chi connectivity index (χ1v) is 7.61. The average Bonchev–Trinajstić information content (AvgIpc) is 2.50. The SMILES string of the molecule is CC[C@H](Oc1ccc(C)cc1)C(=O)Nc1cc(C)ccc1C. The van der Waals surface area contributed by atoms with E-state index in [4.69, 9.17) is 4.74 Å². The molecule has 3 heteroatoms. The van der Waals surface area contributed by atoms with Gasteiger partial charge in [0.2, 0.25) is 0 Å². The van der Waals surface area contributed by atoms with E-state index >= 15 is 0 Å². The number of amides is 1. The minimum atomic E-state index is -0.498. The lowest BCUT2D eigenvalue weighted by molar-refractivity contribution is -0.122. The fourth-order valence-electron chi connectivity index (χ4n) is 2.19. The van der Waals surface area contributed by atoms with Crippen molar-refractivity contribution < 1.29 is 9.53 Å². The highest BCUT2D eigenvalue weighted by Crippen LogP contribution is 2.19. The predicted molar refractivity (Wildman–Crippen MR) is 90.4 cm³/mol. The molecule has 0 heterocycles. The first kappa shape index (κ1) is 16.1. The number of carbonyl (C=O) groups is 1. The Morgan fingerprint density at radius 2 is 1.68 bits per heavy atom. The molecule has 22 heavy (non-hydrogen) atoms. The Morgan fingerprint density at radius 3 is 2.32 bits per heavy atom. The van der Waals surface area contributed by atoms with E-state index in [0.29, 0.717) is 12.2 Å². The van der Waals surface area contributed by atoms with E-state index in [0.717, 1.165) is 16.8 Å². The number of benzene rings is 2. The highest BCUT2D eigenvalue weighted by atomic mass is 16.5. The fraction of sp³-hybridized carbons (Fsp3) is 0.316. The molecule has 0 aliphatic heterocycles. The van der Waals surface area contributed by atoms with Crippen LogP contribution in [0.3, 0.4) is 0 Å². The summed E-state index contributed by atoms with van der Waals surface area (Å²) in [5.41, 5.74) is 4.17. The molecule has 2 rings (SSSR count). The Morgan fingerprint density at radius 1 is 1.05 bits per heavy atom. The molecule has 0 radical (unpaired) electrons. The number of anilines is 1. The molecule has 0 bridgehead atoms. The van der Waals surface area contributed by atoms with Gasteiger partial charge >= 0.3 is 0 Å². The van der Waals surface area contributed by atoms with Crippen LogP contribution in [0.4, 0.5) is 5.69 Å². The largest absolute Gasteiger partial charge is 0.481 e. The molecule has 2 aromatic carbocycles. The molecule has 1 atom stereocenters. The summed E-state index contributed by atoms with van der Waals surface area (Å²) in [7, 11) is 0. The Labute approximate surface area is 132 Å². The first-order chi connectivity index (χ1) is 10.5. The van der Waals surface area contributed by atoms with E-state index in [1.807, 2.05) is 70.2 Å². The first-order valence-electron chi connectivity index (χ1n) is 7.61.